The van der Waals surface area contributed by atoms with Crippen molar-refractivity contribution < 1.29 is 23.8 Å². The first-order valence-electron chi connectivity index (χ1n) is 9.44. The van der Waals surface area contributed by atoms with E-state index in [0.717, 1.165) is 22.6 Å². The number of nitrogens with zero attached hydrogens (tertiary/aromatic N) is 2. The molecule has 0 bridgehead atoms. The maximum absolute atomic E-state index is 12.8. The van der Waals surface area contributed by atoms with Gasteiger partial charge in [-0.15, -0.1) is 0 Å². The van der Waals surface area contributed by atoms with Gasteiger partial charge >= 0.3 is 5.97 Å². The van der Waals surface area contributed by atoms with Crippen LogP contribution in [0.4, 0.5) is 0 Å². The molecule has 0 aromatic heterocycles. The van der Waals surface area contributed by atoms with Crippen molar-refractivity contribution in [3.8, 4) is 5.75 Å². The Morgan fingerprint density at radius 2 is 1.79 bits per heavy atom. The number of benzene rings is 2. The summed E-state index contributed by atoms with van der Waals surface area (Å²) < 4.78 is 15.3. The minimum absolute atomic E-state index is 0.176. The van der Waals surface area contributed by atoms with E-state index < -0.39 is 5.97 Å². The summed E-state index contributed by atoms with van der Waals surface area (Å²) in [6.45, 7) is 1.62. The normalized spacial score (nSPS) is 15.7. The predicted octanol–water partition coefficient (Wildman–Crippen LogP) is 2.95. The van der Waals surface area contributed by atoms with Crippen LogP contribution in [0.5, 0.6) is 5.75 Å². The number of hydrogen-bond acceptors (Lipinski definition) is 6. The third kappa shape index (κ3) is 5.20. The maximum Gasteiger partial charge on any atom is 0.332 e. The molecular weight excluding hydrogens is 372 g/mol. The zero-order valence-electron chi connectivity index (χ0n) is 16.5. The number of esters is 1. The van der Waals surface area contributed by atoms with E-state index in [2.05, 4.69) is 5.10 Å². The van der Waals surface area contributed by atoms with E-state index in [9.17, 15) is 9.59 Å². The summed E-state index contributed by atoms with van der Waals surface area (Å²) in [5.41, 5.74) is 2.68. The highest BCUT2D eigenvalue weighted by Gasteiger charge is 2.33. The summed E-state index contributed by atoms with van der Waals surface area (Å²) in [4.78, 5) is 24.4. The molecule has 1 aliphatic heterocycles. The predicted molar refractivity (Wildman–Crippen MR) is 108 cm³/mol. The molecule has 2 aromatic carbocycles. The van der Waals surface area contributed by atoms with E-state index in [-0.39, 0.29) is 25.2 Å². The molecule has 0 saturated carbocycles. The number of rotatable bonds is 8. The highest BCUT2D eigenvalue weighted by atomic mass is 16.6. The average molecular weight is 396 g/mol. The summed E-state index contributed by atoms with van der Waals surface area (Å²) in [5.74, 6) is -0.229. The fraction of sp³-hybridized carbons (Fsp3) is 0.318. The topological polar surface area (TPSA) is 77.4 Å². The van der Waals surface area contributed by atoms with Crippen molar-refractivity contribution in [3.05, 3.63) is 65.7 Å². The number of hydrogen-bond donors (Lipinski definition) is 0. The van der Waals surface area contributed by atoms with Gasteiger partial charge in [-0.05, 0) is 30.2 Å². The highest BCUT2D eigenvalue weighted by Crippen LogP contribution is 2.33. The van der Waals surface area contributed by atoms with Gasteiger partial charge < -0.3 is 14.2 Å². The molecule has 0 N–H and O–H groups in total. The molecule has 0 radical (unpaired) electrons. The van der Waals surface area contributed by atoms with Crippen molar-refractivity contribution in [3.63, 3.8) is 0 Å². The molecule has 29 heavy (non-hydrogen) atoms. The van der Waals surface area contributed by atoms with Crippen molar-refractivity contribution in [2.45, 2.75) is 19.4 Å². The molecule has 7 nitrogen and oxygen atoms in total. The monoisotopic (exact) mass is 396 g/mol. The first-order chi connectivity index (χ1) is 14.1. The van der Waals surface area contributed by atoms with Gasteiger partial charge in [0.25, 0.3) is 5.91 Å². The van der Waals surface area contributed by atoms with Crippen LogP contribution in [-0.2, 0) is 19.1 Å². The second-order valence-electron chi connectivity index (χ2n) is 6.44. The van der Waals surface area contributed by atoms with Crippen molar-refractivity contribution in [2.24, 2.45) is 5.10 Å². The second-order valence-corrected chi connectivity index (χ2v) is 6.44. The Hall–Kier alpha value is -3.19. The Kier molecular flexibility index (Phi) is 6.97. The third-order valence-corrected chi connectivity index (χ3v) is 4.55. The summed E-state index contributed by atoms with van der Waals surface area (Å²) in [7, 11) is 1.60. The fourth-order valence-electron chi connectivity index (χ4n) is 3.07. The number of ether oxygens (including phenoxy) is 3. The molecule has 7 heteroatoms. The molecule has 2 aromatic rings. The van der Waals surface area contributed by atoms with Gasteiger partial charge in [0.15, 0.2) is 6.61 Å². The van der Waals surface area contributed by atoms with E-state index in [1.807, 2.05) is 54.6 Å². The summed E-state index contributed by atoms with van der Waals surface area (Å²) in [6.07, 6.45) is 0.564. The Bertz CT molecular complexity index is 865. The van der Waals surface area contributed by atoms with Gasteiger partial charge in [0.05, 0.1) is 18.9 Å². The quantitative estimate of drug-likeness (QED) is 0.641. The van der Waals surface area contributed by atoms with Gasteiger partial charge in [-0.25, -0.2) is 9.80 Å². The minimum Gasteiger partial charge on any atom is -0.497 e. The van der Waals surface area contributed by atoms with Crippen LogP contribution in [0, 0.1) is 0 Å². The smallest absolute Gasteiger partial charge is 0.332 e. The average Bonchev–Trinajstić information content (AvgIpc) is 3.22. The number of hydrazone groups is 1. The van der Waals surface area contributed by atoms with E-state index in [0.29, 0.717) is 13.0 Å². The van der Waals surface area contributed by atoms with Crippen LogP contribution in [0.1, 0.15) is 30.5 Å². The number of methoxy groups -OCH3 is 1. The first-order valence-corrected chi connectivity index (χ1v) is 9.44. The van der Waals surface area contributed by atoms with Gasteiger partial charge in [0, 0.05) is 13.0 Å². The number of carbonyl (C=O) groups excluding carboxylic acids is 2. The molecular formula is C22H24N2O5. The Labute approximate surface area is 169 Å². The van der Waals surface area contributed by atoms with Gasteiger partial charge in [0.1, 0.15) is 12.4 Å². The third-order valence-electron chi connectivity index (χ3n) is 4.55. The maximum atomic E-state index is 12.8. The molecule has 1 heterocycles. The van der Waals surface area contributed by atoms with E-state index in [1.54, 1.807) is 14.0 Å². The highest BCUT2D eigenvalue weighted by molar-refractivity contribution is 6.03. The second kappa shape index (κ2) is 9.84. The molecule has 0 spiro atoms. The van der Waals surface area contributed by atoms with Crippen molar-refractivity contribution >= 4 is 17.6 Å². The Morgan fingerprint density at radius 1 is 1.07 bits per heavy atom. The Balaban J connectivity index is 1.78. The first kappa shape index (κ1) is 20.5. The molecule has 0 saturated heterocycles. The van der Waals surface area contributed by atoms with Gasteiger partial charge in [0.2, 0.25) is 0 Å². The number of amides is 1. The van der Waals surface area contributed by atoms with E-state index in [1.165, 1.54) is 5.01 Å². The van der Waals surface area contributed by atoms with Gasteiger partial charge in [-0.1, -0.05) is 42.5 Å². The largest absolute Gasteiger partial charge is 0.497 e. The van der Waals surface area contributed by atoms with E-state index in [4.69, 9.17) is 14.2 Å². The summed E-state index contributed by atoms with van der Waals surface area (Å²) >= 11 is 0. The standard InChI is InChI=1S/C22H24N2O5/c1-3-28-15-22(26)29-14-21(25)24-20(17-9-11-18(27-2)12-10-17)13-19(23-24)16-7-5-4-6-8-16/h4-12,20H,3,13-15H2,1-2H3. The fourth-order valence-corrected chi connectivity index (χ4v) is 3.07. The Morgan fingerprint density at radius 3 is 2.45 bits per heavy atom. The van der Waals surface area contributed by atoms with Gasteiger partial charge in [-0.2, -0.15) is 5.10 Å². The molecule has 1 atom stereocenters. The summed E-state index contributed by atoms with van der Waals surface area (Å²) in [6, 6.07) is 16.9. The van der Waals surface area contributed by atoms with Crippen LogP contribution >= 0.6 is 0 Å². The summed E-state index contributed by atoms with van der Waals surface area (Å²) in [5, 5.41) is 5.95. The molecule has 152 valence electrons. The van der Waals surface area contributed by atoms with Crippen LogP contribution in [-0.4, -0.2) is 49.5 Å². The van der Waals surface area contributed by atoms with Crippen molar-refractivity contribution in [2.75, 3.05) is 26.9 Å². The van der Waals surface area contributed by atoms with Gasteiger partial charge in [-0.3, -0.25) is 4.79 Å². The van der Waals surface area contributed by atoms with Crippen molar-refractivity contribution in [1.29, 1.82) is 0 Å². The lowest BCUT2D eigenvalue weighted by Gasteiger charge is -2.22. The SMILES string of the molecule is CCOCC(=O)OCC(=O)N1N=C(c2ccccc2)CC1c1ccc(OC)cc1. The number of carbonyl (C=O) groups is 2. The molecule has 3 rings (SSSR count). The lowest BCUT2D eigenvalue weighted by molar-refractivity contribution is -0.156. The molecule has 1 aliphatic rings. The van der Waals surface area contributed by atoms with Crippen molar-refractivity contribution in [1.82, 2.24) is 5.01 Å². The molecule has 0 aliphatic carbocycles. The molecule has 1 unspecified atom stereocenters. The lowest BCUT2D eigenvalue weighted by Crippen LogP contribution is -2.31. The van der Waals surface area contributed by atoms with Crippen LogP contribution in [0.25, 0.3) is 0 Å². The minimum atomic E-state index is -0.576. The molecule has 0 fully saturated rings. The zero-order chi connectivity index (χ0) is 20.6. The zero-order valence-corrected chi connectivity index (χ0v) is 16.5. The lowest BCUT2D eigenvalue weighted by atomic mass is 9.98. The van der Waals surface area contributed by atoms with Crippen LogP contribution in [0.15, 0.2) is 59.7 Å². The molecule has 1 amide bonds. The van der Waals surface area contributed by atoms with Crippen LogP contribution in [0.2, 0.25) is 0 Å². The van der Waals surface area contributed by atoms with Crippen LogP contribution in [0.3, 0.4) is 0 Å². The van der Waals surface area contributed by atoms with E-state index >= 15 is 0 Å². The van der Waals surface area contributed by atoms with Crippen LogP contribution < -0.4 is 4.74 Å².